The maximum atomic E-state index is 12.5. The predicted molar refractivity (Wildman–Crippen MR) is 118 cm³/mol. The Kier molecular flexibility index (Phi) is 7.16. The van der Waals surface area contributed by atoms with Crippen LogP contribution in [0.15, 0.2) is 42.5 Å². The van der Waals surface area contributed by atoms with Crippen molar-refractivity contribution in [3.63, 3.8) is 0 Å². The largest absolute Gasteiger partial charge is 0.473 e. The molecular weight excluding hydrogens is 376 g/mol. The summed E-state index contributed by atoms with van der Waals surface area (Å²) in [4.78, 5) is 16.7. The third-order valence-corrected chi connectivity index (χ3v) is 6.12. The molecule has 1 aliphatic carbocycles. The molecule has 2 heterocycles. The Morgan fingerprint density at radius 1 is 0.933 bits per heavy atom. The molecule has 6 nitrogen and oxygen atoms in total. The van der Waals surface area contributed by atoms with E-state index in [0.29, 0.717) is 12.3 Å². The molecule has 0 spiro atoms. The van der Waals surface area contributed by atoms with E-state index >= 15 is 0 Å². The summed E-state index contributed by atoms with van der Waals surface area (Å²) in [6.45, 7) is 3.07. The fourth-order valence-electron chi connectivity index (χ4n) is 4.33. The van der Waals surface area contributed by atoms with Gasteiger partial charge in [0, 0.05) is 38.7 Å². The van der Waals surface area contributed by atoms with Crippen molar-refractivity contribution in [2.45, 2.75) is 57.5 Å². The van der Waals surface area contributed by atoms with Crippen LogP contribution in [0.2, 0.25) is 0 Å². The molecule has 1 aromatic heterocycles. The number of piperazine rings is 1. The number of ether oxygens (including phenoxy) is 1. The second kappa shape index (κ2) is 10.4. The molecule has 2 fully saturated rings. The molecule has 6 heteroatoms. The van der Waals surface area contributed by atoms with E-state index < -0.39 is 0 Å². The molecule has 2 aromatic rings. The van der Waals surface area contributed by atoms with Gasteiger partial charge in [0.05, 0.1) is 0 Å². The molecule has 4 rings (SSSR count). The fraction of sp³-hybridized carbons (Fsp3) is 0.542. The van der Waals surface area contributed by atoms with Crippen molar-refractivity contribution in [1.82, 2.24) is 15.1 Å². The third kappa shape index (κ3) is 5.71. The van der Waals surface area contributed by atoms with Gasteiger partial charge < -0.3 is 14.5 Å². The maximum absolute atomic E-state index is 12.5. The van der Waals surface area contributed by atoms with E-state index in [1.165, 1.54) is 24.8 Å². The second-order valence-electron chi connectivity index (χ2n) is 8.31. The van der Waals surface area contributed by atoms with E-state index in [4.69, 9.17) is 4.74 Å². The lowest BCUT2D eigenvalue weighted by atomic mass is 9.98. The summed E-state index contributed by atoms with van der Waals surface area (Å²) in [5, 5.41) is 8.65. The molecule has 0 atom stereocenters. The van der Waals surface area contributed by atoms with Gasteiger partial charge in [0.1, 0.15) is 6.10 Å². The van der Waals surface area contributed by atoms with Gasteiger partial charge in [-0.05, 0) is 50.2 Å². The van der Waals surface area contributed by atoms with Crippen LogP contribution in [0.1, 0.15) is 50.5 Å². The van der Waals surface area contributed by atoms with Gasteiger partial charge in [-0.25, -0.2) is 0 Å². The summed E-state index contributed by atoms with van der Waals surface area (Å²) in [6, 6.07) is 14.3. The highest BCUT2D eigenvalue weighted by Crippen LogP contribution is 2.23. The van der Waals surface area contributed by atoms with E-state index in [-0.39, 0.29) is 12.0 Å². The molecule has 0 radical (unpaired) electrons. The van der Waals surface area contributed by atoms with Crippen LogP contribution in [0.3, 0.4) is 0 Å². The summed E-state index contributed by atoms with van der Waals surface area (Å²) in [6.07, 6.45) is 8.78. The van der Waals surface area contributed by atoms with Gasteiger partial charge in [0.25, 0.3) is 0 Å². The summed E-state index contributed by atoms with van der Waals surface area (Å²) in [5.41, 5.74) is 1.30. The van der Waals surface area contributed by atoms with Crippen molar-refractivity contribution < 1.29 is 9.53 Å². The normalized spacial score (nSPS) is 17.7. The first-order valence-electron chi connectivity index (χ1n) is 11.3. The number of nitrogens with zero attached hydrogens (tertiary/aromatic N) is 4. The smallest absolute Gasteiger partial charge is 0.233 e. The lowest BCUT2D eigenvalue weighted by molar-refractivity contribution is -0.131. The van der Waals surface area contributed by atoms with Gasteiger partial charge >= 0.3 is 0 Å². The molecule has 0 unspecified atom stereocenters. The Labute approximate surface area is 179 Å². The monoisotopic (exact) mass is 408 g/mol. The minimum atomic E-state index is 0.257. The second-order valence-corrected chi connectivity index (χ2v) is 8.31. The summed E-state index contributed by atoms with van der Waals surface area (Å²) < 4.78 is 5.97. The zero-order chi connectivity index (χ0) is 20.6. The van der Waals surface area contributed by atoms with Crippen LogP contribution in [0, 0.1) is 0 Å². The van der Waals surface area contributed by atoms with Crippen LogP contribution < -0.4 is 9.64 Å². The lowest BCUT2D eigenvalue weighted by Crippen LogP contribution is -2.49. The number of carbonyl (C=O) groups is 1. The first-order chi connectivity index (χ1) is 14.8. The van der Waals surface area contributed by atoms with Crippen molar-refractivity contribution in [2.75, 3.05) is 31.1 Å². The highest BCUT2D eigenvalue weighted by molar-refractivity contribution is 5.76. The highest BCUT2D eigenvalue weighted by atomic mass is 16.5. The van der Waals surface area contributed by atoms with Crippen molar-refractivity contribution in [1.29, 1.82) is 0 Å². The van der Waals surface area contributed by atoms with Gasteiger partial charge in [-0.3, -0.25) is 4.79 Å². The van der Waals surface area contributed by atoms with Gasteiger partial charge in [-0.1, -0.05) is 36.8 Å². The minimum Gasteiger partial charge on any atom is -0.473 e. The molecule has 0 bridgehead atoms. The van der Waals surface area contributed by atoms with Crippen molar-refractivity contribution in [2.24, 2.45) is 0 Å². The van der Waals surface area contributed by atoms with E-state index in [9.17, 15) is 4.79 Å². The molecule has 30 heavy (non-hydrogen) atoms. The number of carbonyl (C=O) groups excluding carboxylic acids is 1. The highest BCUT2D eigenvalue weighted by Gasteiger charge is 2.22. The van der Waals surface area contributed by atoms with Crippen molar-refractivity contribution in [3.8, 4) is 5.88 Å². The molecule has 1 aliphatic heterocycles. The predicted octanol–water partition coefficient (Wildman–Crippen LogP) is 3.86. The van der Waals surface area contributed by atoms with Crippen LogP contribution >= 0.6 is 0 Å². The number of hydrogen-bond donors (Lipinski definition) is 0. The number of hydrogen-bond acceptors (Lipinski definition) is 5. The number of aromatic nitrogens is 2. The lowest BCUT2D eigenvalue weighted by Gasteiger charge is -2.35. The Hall–Kier alpha value is -2.63. The first kappa shape index (κ1) is 20.6. The van der Waals surface area contributed by atoms with E-state index in [1.807, 2.05) is 35.2 Å². The molecule has 1 amide bonds. The SMILES string of the molecule is O=C(CCCc1ccccc1)N1CCN(c2ccc(OC3CCCCC3)nn2)CC1. The van der Waals surface area contributed by atoms with E-state index in [0.717, 1.165) is 57.7 Å². The van der Waals surface area contributed by atoms with Crippen LogP contribution in [-0.2, 0) is 11.2 Å². The van der Waals surface area contributed by atoms with Crippen LogP contribution in [0.5, 0.6) is 5.88 Å². The van der Waals surface area contributed by atoms with Crippen LogP contribution in [0.25, 0.3) is 0 Å². The first-order valence-corrected chi connectivity index (χ1v) is 11.3. The molecule has 1 saturated heterocycles. The zero-order valence-electron chi connectivity index (χ0n) is 17.7. The van der Waals surface area contributed by atoms with Crippen LogP contribution in [-0.4, -0.2) is 53.3 Å². The number of aryl methyl sites for hydroxylation is 1. The molecular formula is C24H32N4O2. The average molecular weight is 409 g/mol. The average Bonchev–Trinajstić information content (AvgIpc) is 2.81. The summed E-state index contributed by atoms with van der Waals surface area (Å²) in [5.74, 6) is 1.74. The number of rotatable bonds is 7. The Morgan fingerprint density at radius 2 is 1.70 bits per heavy atom. The van der Waals surface area contributed by atoms with Crippen LogP contribution in [0.4, 0.5) is 5.82 Å². The standard InChI is InChI=1S/C24H32N4O2/c29-24(13-7-10-20-8-3-1-4-9-20)28-18-16-27(17-19-28)22-14-15-23(26-25-22)30-21-11-5-2-6-12-21/h1,3-4,8-9,14-15,21H,2,5-7,10-13,16-19H2. The van der Waals surface area contributed by atoms with Gasteiger partial charge in [-0.15, -0.1) is 10.2 Å². The van der Waals surface area contributed by atoms with Gasteiger partial charge in [0.15, 0.2) is 5.82 Å². The molecule has 1 aromatic carbocycles. The minimum absolute atomic E-state index is 0.257. The van der Waals surface area contributed by atoms with Gasteiger partial charge in [-0.2, -0.15) is 0 Å². The quantitative estimate of drug-likeness (QED) is 0.696. The van der Waals surface area contributed by atoms with Gasteiger partial charge in [0.2, 0.25) is 11.8 Å². The topological polar surface area (TPSA) is 58.6 Å². The number of anilines is 1. The van der Waals surface area contributed by atoms with E-state index in [1.54, 1.807) is 0 Å². The summed E-state index contributed by atoms with van der Waals surface area (Å²) >= 11 is 0. The van der Waals surface area contributed by atoms with Crippen molar-refractivity contribution in [3.05, 3.63) is 48.0 Å². The molecule has 0 N–H and O–H groups in total. The van der Waals surface area contributed by atoms with E-state index in [2.05, 4.69) is 27.2 Å². The third-order valence-electron chi connectivity index (χ3n) is 6.12. The molecule has 1 saturated carbocycles. The Balaban J connectivity index is 1.19. The number of benzene rings is 1. The number of amides is 1. The fourth-order valence-corrected chi connectivity index (χ4v) is 4.33. The van der Waals surface area contributed by atoms with Crippen molar-refractivity contribution >= 4 is 11.7 Å². The summed E-state index contributed by atoms with van der Waals surface area (Å²) in [7, 11) is 0. The maximum Gasteiger partial charge on any atom is 0.233 e. The molecule has 160 valence electrons. The molecule has 2 aliphatic rings. The Morgan fingerprint density at radius 3 is 2.40 bits per heavy atom. The Bertz CT molecular complexity index is 783. The zero-order valence-corrected chi connectivity index (χ0v) is 17.7.